The van der Waals surface area contributed by atoms with Crippen molar-refractivity contribution in [3.05, 3.63) is 58.9 Å². The van der Waals surface area contributed by atoms with Crippen LogP contribution in [0, 0.1) is 5.82 Å². The predicted molar refractivity (Wildman–Crippen MR) is 76.5 cm³/mol. The molecule has 0 spiro atoms. The summed E-state index contributed by atoms with van der Waals surface area (Å²) in [5.41, 5.74) is 1.54. The number of alkyl halides is 2. The highest BCUT2D eigenvalue weighted by molar-refractivity contribution is 6.31. The van der Waals surface area contributed by atoms with Crippen LogP contribution < -0.4 is 10.1 Å². The Morgan fingerprint density at radius 1 is 1.10 bits per heavy atom. The monoisotopic (exact) mass is 315 g/mol. The Kier molecular flexibility index (Phi) is 4.96. The molecule has 0 aliphatic carbocycles. The second-order valence-electron chi connectivity index (χ2n) is 4.44. The maximum Gasteiger partial charge on any atom is 0.387 e. The third-order valence-electron chi connectivity index (χ3n) is 2.91. The van der Waals surface area contributed by atoms with Gasteiger partial charge in [-0.3, -0.25) is 0 Å². The van der Waals surface area contributed by atoms with Crippen LogP contribution in [0.2, 0.25) is 5.02 Å². The number of nitrogens with one attached hydrogen (secondary N) is 1. The molecule has 0 aromatic heterocycles. The first-order chi connectivity index (χ1) is 9.95. The molecule has 0 amide bonds. The van der Waals surface area contributed by atoms with Gasteiger partial charge in [-0.05, 0) is 42.8 Å². The molecular weight excluding hydrogens is 303 g/mol. The summed E-state index contributed by atoms with van der Waals surface area (Å²) < 4.78 is 41.5. The Hall–Kier alpha value is -1.88. The quantitative estimate of drug-likeness (QED) is 0.813. The first-order valence-electron chi connectivity index (χ1n) is 6.22. The fraction of sp³-hybridized carbons (Fsp3) is 0.200. The van der Waals surface area contributed by atoms with Crippen molar-refractivity contribution >= 4 is 17.3 Å². The molecule has 0 aliphatic heterocycles. The largest absolute Gasteiger partial charge is 0.435 e. The lowest BCUT2D eigenvalue weighted by Crippen LogP contribution is -2.07. The Bertz CT molecular complexity index is 604. The normalized spacial score (nSPS) is 12.3. The highest BCUT2D eigenvalue weighted by Crippen LogP contribution is 2.25. The fourth-order valence-corrected chi connectivity index (χ4v) is 2.04. The molecule has 6 heteroatoms. The smallest absolute Gasteiger partial charge is 0.387 e. The van der Waals surface area contributed by atoms with Gasteiger partial charge in [0.25, 0.3) is 0 Å². The van der Waals surface area contributed by atoms with E-state index in [1.54, 1.807) is 18.2 Å². The van der Waals surface area contributed by atoms with Gasteiger partial charge in [0.2, 0.25) is 0 Å². The minimum absolute atomic E-state index is 0.0351. The number of benzene rings is 2. The molecule has 0 heterocycles. The van der Waals surface area contributed by atoms with Crippen LogP contribution in [0.3, 0.4) is 0 Å². The molecule has 2 aromatic carbocycles. The molecule has 2 nitrogen and oxygen atoms in total. The molecule has 1 N–H and O–H groups in total. The van der Waals surface area contributed by atoms with E-state index in [4.69, 9.17) is 11.6 Å². The fourth-order valence-electron chi connectivity index (χ4n) is 1.86. The van der Waals surface area contributed by atoms with E-state index in [1.165, 1.54) is 24.3 Å². The van der Waals surface area contributed by atoms with Gasteiger partial charge in [0.15, 0.2) is 0 Å². The third kappa shape index (κ3) is 4.29. The molecule has 0 saturated carbocycles. The molecular formula is C15H13ClF3NO. The van der Waals surface area contributed by atoms with E-state index in [0.29, 0.717) is 5.69 Å². The third-order valence-corrected chi connectivity index (χ3v) is 3.20. The van der Waals surface area contributed by atoms with Gasteiger partial charge >= 0.3 is 6.61 Å². The van der Waals surface area contributed by atoms with Gasteiger partial charge < -0.3 is 10.1 Å². The first-order valence-corrected chi connectivity index (χ1v) is 6.60. The number of hydrogen-bond donors (Lipinski definition) is 1. The number of hydrogen-bond acceptors (Lipinski definition) is 2. The van der Waals surface area contributed by atoms with Gasteiger partial charge in [0.05, 0.1) is 5.02 Å². The van der Waals surface area contributed by atoms with Crippen molar-refractivity contribution in [3.8, 4) is 5.75 Å². The molecule has 0 fully saturated rings. The van der Waals surface area contributed by atoms with Crippen LogP contribution >= 0.6 is 11.6 Å². The summed E-state index contributed by atoms with van der Waals surface area (Å²) in [5.74, 6) is -0.380. The lowest BCUT2D eigenvalue weighted by molar-refractivity contribution is -0.0498. The van der Waals surface area contributed by atoms with Crippen molar-refractivity contribution in [1.29, 1.82) is 0 Å². The zero-order valence-corrected chi connectivity index (χ0v) is 11.9. The summed E-state index contributed by atoms with van der Waals surface area (Å²) in [6.07, 6.45) is 0. The summed E-state index contributed by atoms with van der Waals surface area (Å²) in [4.78, 5) is 0. The molecule has 2 rings (SSSR count). The summed E-state index contributed by atoms with van der Waals surface area (Å²) in [6.45, 7) is -0.951. The van der Waals surface area contributed by atoms with Crippen LogP contribution in [0.5, 0.6) is 5.75 Å². The average Bonchev–Trinajstić information content (AvgIpc) is 2.43. The molecule has 0 saturated heterocycles. The van der Waals surface area contributed by atoms with Gasteiger partial charge in [0, 0.05) is 11.7 Å². The van der Waals surface area contributed by atoms with Crippen molar-refractivity contribution < 1.29 is 17.9 Å². The Labute approximate surface area is 125 Å². The van der Waals surface area contributed by atoms with Crippen molar-refractivity contribution in [2.75, 3.05) is 5.32 Å². The number of ether oxygens (including phenoxy) is 1. The SMILES string of the molecule is CC(Nc1ccc(F)c(Cl)c1)c1ccc(OC(F)F)cc1. The number of rotatable bonds is 5. The van der Waals surface area contributed by atoms with Crippen LogP contribution in [0.15, 0.2) is 42.5 Å². The lowest BCUT2D eigenvalue weighted by Gasteiger charge is -2.16. The van der Waals surface area contributed by atoms with Gasteiger partial charge in [-0.25, -0.2) is 4.39 Å². The summed E-state index contributed by atoms with van der Waals surface area (Å²) >= 11 is 5.71. The zero-order chi connectivity index (χ0) is 15.4. The van der Waals surface area contributed by atoms with E-state index >= 15 is 0 Å². The number of anilines is 1. The van der Waals surface area contributed by atoms with E-state index in [9.17, 15) is 13.2 Å². The average molecular weight is 316 g/mol. The second kappa shape index (κ2) is 6.72. The molecule has 1 unspecified atom stereocenters. The van der Waals surface area contributed by atoms with Crippen LogP contribution in [0.4, 0.5) is 18.9 Å². The standard InChI is InChI=1S/C15H13ClF3NO/c1-9(20-11-4-7-14(17)13(16)8-11)10-2-5-12(6-3-10)21-15(18)19/h2-9,15,20H,1H3. The van der Waals surface area contributed by atoms with Crippen molar-refractivity contribution in [1.82, 2.24) is 0 Å². The summed E-state index contributed by atoms with van der Waals surface area (Å²) in [7, 11) is 0. The zero-order valence-electron chi connectivity index (χ0n) is 11.1. The summed E-state index contributed by atoms with van der Waals surface area (Å²) in [6, 6.07) is 10.5. The molecule has 0 radical (unpaired) electrons. The predicted octanol–water partition coefficient (Wildman–Crippen LogP) is 5.25. The molecule has 21 heavy (non-hydrogen) atoms. The maximum atomic E-state index is 13.1. The highest BCUT2D eigenvalue weighted by atomic mass is 35.5. The molecule has 2 aromatic rings. The summed E-state index contributed by atoms with van der Waals surface area (Å²) in [5, 5.41) is 3.18. The Morgan fingerprint density at radius 3 is 2.33 bits per heavy atom. The van der Waals surface area contributed by atoms with Crippen molar-refractivity contribution in [2.24, 2.45) is 0 Å². The van der Waals surface area contributed by atoms with Gasteiger partial charge in [-0.1, -0.05) is 23.7 Å². The van der Waals surface area contributed by atoms with E-state index in [0.717, 1.165) is 5.56 Å². The van der Waals surface area contributed by atoms with Crippen molar-refractivity contribution in [2.45, 2.75) is 19.6 Å². The van der Waals surface area contributed by atoms with Crippen LogP contribution in [0.1, 0.15) is 18.5 Å². The van der Waals surface area contributed by atoms with Crippen LogP contribution in [-0.4, -0.2) is 6.61 Å². The van der Waals surface area contributed by atoms with Crippen LogP contribution in [0.25, 0.3) is 0 Å². The van der Waals surface area contributed by atoms with Gasteiger partial charge in [-0.15, -0.1) is 0 Å². The Balaban J connectivity index is 2.05. The topological polar surface area (TPSA) is 21.3 Å². The molecule has 0 bridgehead atoms. The van der Waals surface area contributed by atoms with E-state index in [1.807, 2.05) is 6.92 Å². The lowest BCUT2D eigenvalue weighted by atomic mass is 10.1. The highest BCUT2D eigenvalue weighted by Gasteiger charge is 2.09. The second-order valence-corrected chi connectivity index (χ2v) is 4.85. The van der Waals surface area contributed by atoms with E-state index in [-0.39, 0.29) is 16.8 Å². The Morgan fingerprint density at radius 2 is 1.76 bits per heavy atom. The van der Waals surface area contributed by atoms with E-state index < -0.39 is 12.4 Å². The van der Waals surface area contributed by atoms with Crippen molar-refractivity contribution in [3.63, 3.8) is 0 Å². The first kappa shape index (κ1) is 15.5. The van der Waals surface area contributed by atoms with Crippen LogP contribution in [-0.2, 0) is 0 Å². The molecule has 1 atom stereocenters. The van der Waals surface area contributed by atoms with Gasteiger partial charge in [0.1, 0.15) is 11.6 Å². The number of halogens is 4. The maximum absolute atomic E-state index is 13.1. The van der Waals surface area contributed by atoms with Gasteiger partial charge in [-0.2, -0.15) is 8.78 Å². The minimum atomic E-state index is -2.84. The minimum Gasteiger partial charge on any atom is -0.435 e. The molecule has 112 valence electrons. The van der Waals surface area contributed by atoms with E-state index in [2.05, 4.69) is 10.1 Å². The molecule has 0 aliphatic rings.